The van der Waals surface area contributed by atoms with E-state index in [-0.39, 0.29) is 0 Å². The van der Waals surface area contributed by atoms with Crippen LogP contribution in [0, 0.1) is 11.6 Å². The van der Waals surface area contributed by atoms with Gasteiger partial charge >= 0.3 is 0 Å². The molecule has 3 heteroatoms. The molecule has 0 saturated carbocycles. The minimum Gasteiger partial charge on any atom is -0.385 e. The molecule has 1 N–H and O–H groups in total. The normalized spacial score (nSPS) is 14.2. The van der Waals surface area contributed by atoms with Crippen LogP contribution in [0.1, 0.15) is 70.8 Å². The molecule has 114 valence electrons. The SMILES string of the molecule is CCCCCCCCCC(C)(O)c1cc(F)cc(F)c1. The van der Waals surface area contributed by atoms with Crippen LogP contribution in [-0.4, -0.2) is 5.11 Å². The third kappa shape index (κ3) is 6.00. The Morgan fingerprint density at radius 2 is 1.40 bits per heavy atom. The summed E-state index contributed by atoms with van der Waals surface area (Å²) in [6.07, 6.45) is 8.62. The molecule has 0 radical (unpaired) electrons. The number of hydrogen-bond acceptors (Lipinski definition) is 1. The summed E-state index contributed by atoms with van der Waals surface area (Å²) in [5.41, 5.74) is -0.840. The monoisotopic (exact) mass is 284 g/mol. The lowest BCUT2D eigenvalue weighted by atomic mass is 9.90. The predicted molar refractivity (Wildman–Crippen MR) is 78.5 cm³/mol. The summed E-state index contributed by atoms with van der Waals surface area (Å²) in [6.45, 7) is 3.81. The van der Waals surface area contributed by atoms with Crippen LogP contribution in [0.5, 0.6) is 0 Å². The van der Waals surface area contributed by atoms with Gasteiger partial charge in [-0.3, -0.25) is 0 Å². The maximum atomic E-state index is 13.2. The first-order valence-electron chi connectivity index (χ1n) is 7.64. The Morgan fingerprint density at radius 1 is 0.900 bits per heavy atom. The van der Waals surface area contributed by atoms with Crippen LogP contribution in [0.15, 0.2) is 18.2 Å². The van der Waals surface area contributed by atoms with Gasteiger partial charge in [-0.25, -0.2) is 8.78 Å². The van der Waals surface area contributed by atoms with Crippen molar-refractivity contribution in [1.82, 2.24) is 0 Å². The van der Waals surface area contributed by atoms with Crippen molar-refractivity contribution in [2.45, 2.75) is 70.8 Å². The second-order valence-electron chi connectivity index (χ2n) is 5.80. The Morgan fingerprint density at radius 3 is 1.95 bits per heavy atom. The first kappa shape index (κ1) is 17.1. The minimum absolute atomic E-state index is 0.320. The van der Waals surface area contributed by atoms with Crippen molar-refractivity contribution in [1.29, 1.82) is 0 Å². The van der Waals surface area contributed by atoms with E-state index in [0.29, 0.717) is 12.0 Å². The summed E-state index contributed by atoms with van der Waals surface area (Å²) in [7, 11) is 0. The number of halogens is 2. The average Bonchev–Trinajstić information content (AvgIpc) is 2.36. The lowest BCUT2D eigenvalue weighted by Crippen LogP contribution is -2.21. The molecule has 0 aliphatic carbocycles. The maximum Gasteiger partial charge on any atom is 0.126 e. The van der Waals surface area contributed by atoms with Crippen LogP contribution in [0.3, 0.4) is 0 Å². The third-order valence-electron chi connectivity index (χ3n) is 3.75. The minimum atomic E-state index is -1.16. The molecule has 0 fully saturated rings. The van der Waals surface area contributed by atoms with Gasteiger partial charge in [0.1, 0.15) is 11.6 Å². The zero-order valence-electron chi connectivity index (χ0n) is 12.6. The molecule has 1 aromatic rings. The average molecular weight is 284 g/mol. The maximum absolute atomic E-state index is 13.2. The van der Waals surface area contributed by atoms with Gasteiger partial charge in [-0.1, -0.05) is 51.9 Å². The van der Waals surface area contributed by atoms with Crippen molar-refractivity contribution in [3.05, 3.63) is 35.4 Å². The molecule has 1 rings (SSSR count). The number of benzene rings is 1. The molecule has 0 saturated heterocycles. The highest BCUT2D eigenvalue weighted by atomic mass is 19.1. The Balaban J connectivity index is 2.37. The topological polar surface area (TPSA) is 20.2 Å². The second-order valence-corrected chi connectivity index (χ2v) is 5.80. The molecule has 0 spiro atoms. The lowest BCUT2D eigenvalue weighted by molar-refractivity contribution is 0.0441. The van der Waals surface area contributed by atoms with Gasteiger partial charge in [0.2, 0.25) is 0 Å². The lowest BCUT2D eigenvalue weighted by Gasteiger charge is -2.24. The number of aliphatic hydroxyl groups is 1. The fourth-order valence-corrected chi connectivity index (χ4v) is 2.44. The largest absolute Gasteiger partial charge is 0.385 e. The van der Waals surface area contributed by atoms with Crippen LogP contribution in [0.25, 0.3) is 0 Å². The van der Waals surface area contributed by atoms with Crippen molar-refractivity contribution >= 4 is 0 Å². The van der Waals surface area contributed by atoms with Crippen molar-refractivity contribution in [3.63, 3.8) is 0 Å². The molecule has 0 bridgehead atoms. The Hall–Kier alpha value is -0.960. The summed E-state index contributed by atoms with van der Waals surface area (Å²) in [4.78, 5) is 0. The van der Waals surface area contributed by atoms with Gasteiger partial charge in [0, 0.05) is 6.07 Å². The van der Waals surface area contributed by atoms with Crippen molar-refractivity contribution in [3.8, 4) is 0 Å². The van der Waals surface area contributed by atoms with Gasteiger partial charge in [0.05, 0.1) is 5.60 Å². The van der Waals surface area contributed by atoms with Crippen LogP contribution in [0.4, 0.5) is 8.78 Å². The van der Waals surface area contributed by atoms with Gasteiger partial charge in [0.25, 0.3) is 0 Å². The second kappa shape index (κ2) is 8.35. The first-order valence-corrected chi connectivity index (χ1v) is 7.64. The zero-order valence-corrected chi connectivity index (χ0v) is 12.6. The molecule has 0 amide bonds. The molecule has 0 aromatic heterocycles. The van der Waals surface area contributed by atoms with Gasteiger partial charge in [-0.05, 0) is 31.0 Å². The standard InChI is InChI=1S/C17H26F2O/c1-3-4-5-6-7-8-9-10-17(2,20)14-11-15(18)13-16(19)12-14/h11-13,20H,3-10H2,1-2H3. The smallest absolute Gasteiger partial charge is 0.126 e. The van der Waals surface area contributed by atoms with Crippen LogP contribution in [-0.2, 0) is 5.60 Å². The number of unbranched alkanes of at least 4 members (excludes halogenated alkanes) is 6. The van der Waals surface area contributed by atoms with E-state index >= 15 is 0 Å². The number of rotatable bonds is 9. The summed E-state index contributed by atoms with van der Waals surface area (Å²) in [5.74, 6) is -1.28. The Labute approximate surface area is 121 Å². The predicted octanol–water partition coefficient (Wildman–Crippen LogP) is 5.31. The Bertz CT molecular complexity index is 382. The Kier molecular flexibility index (Phi) is 7.14. The van der Waals surface area contributed by atoms with Crippen molar-refractivity contribution in [2.24, 2.45) is 0 Å². The van der Waals surface area contributed by atoms with Crippen molar-refractivity contribution in [2.75, 3.05) is 0 Å². The van der Waals surface area contributed by atoms with E-state index in [2.05, 4.69) is 6.92 Å². The molecule has 0 aliphatic heterocycles. The first-order chi connectivity index (χ1) is 9.45. The molecule has 20 heavy (non-hydrogen) atoms. The van der Waals surface area contributed by atoms with E-state index in [0.717, 1.165) is 25.3 Å². The molecule has 0 aliphatic rings. The molecular formula is C17H26F2O. The van der Waals surface area contributed by atoms with Crippen LogP contribution in [0.2, 0.25) is 0 Å². The highest BCUT2D eigenvalue weighted by Gasteiger charge is 2.23. The summed E-state index contributed by atoms with van der Waals surface area (Å²) < 4.78 is 26.3. The van der Waals surface area contributed by atoms with E-state index in [9.17, 15) is 13.9 Å². The van der Waals surface area contributed by atoms with Gasteiger partial charge in [-0.2, -0.15) is 0 Å². The van der Waals surface area contributed by atoms with Crippen LogP contribution >= 0.6 is 0 Å². The fourth-order valence-electron chi connectivity index (χ4n) is 2.44. The van der Waals surface area contributed by atoms with Gasteiger partial charge < -0.3 is 5.11 Å². The summed E-state index contributed by atoms with van der Waals surface area (Å²) in [5, 5.41) is 10.3. The van der Waals surface area contributed by atoms with E-state index < -0.39 is 17.2 Å². The highest BCUT2D eigenvalue weighted by Crippen LogP contribution is 2.28. The van der Waals surface area contributed by atoms with E-state index in [1.54, 1.807) is 6.92 Å². The van der Waals surface area contributed by atoms with E-state index in [4.69, 9.17) is 0 Å². The van der Waals surface area contributed by atoms with Crippen LogP contribution < -0.4 is 0 Å². The summed E-state index contributed by atoms with van der Waals surface area (Å²) in [6, 6.07) is 3.25. The molecule has 1 aromatic carbocycles. The van der Waals surface area contributed by atoms with Crippen molar-refractivity contribution < 1.29 is 13.9 Å². The number of hydrogen-bond donors (Lipinski definition) is 1. The molecule has 1 unspecified atom stereocenters. The fraction of sp³-hybridized carbons (Fsp3) is 0.647. The quantitative estimate of drug-likeness (QED) is 0.609. The van der Waals surface area contributed by atoms with Gasteiger partial charge in [0.15, 0.2) is 0 Å². The van der Waals surface area contributed by atoms with E-state index in [1.165, 1.54) is 37.8 Å². The summed E-state index contributed by atoms with van der Waals surface area (Å²) >= 11 is 0. The molecular weight excluding hydrogens is 258 g/mol. The zero-order chi connectivity index (χ0) is 15.0. The highest BCUT2D eigenvalue weighted by molar-refractivity contribution is 5.23. The van der Waals surface area contributed by atoms with E-state index in [1.807, 2.05) is 0 Å². The molecule has 1 nitrogen and oxygen atoms in total. The molecule has 1 atom stereocenters. The third-order valence-corrected chi connectivity index (χ3v) is 3.75. The van der Waals surface area contributed by atoms with Gasteiger partial charge in [-0.15, -0.1) is 0 Å². The molecule has 0 heterocycles.